The van der Waals surface area contributed by atoms with Crippen LogP contribution in [0.1, 0.15) is 100 Å². The van der Waals surface area contributed by atoms with E-state index in [0.717, 1.165) is 25.8 Å². The normalized spacial score (nSPS) is 13.0. The van der Waals surface area contributed by atoms with E-state index >= 15 is 0 Å². The molecule has 27 heavy (non-hydrogen) atoms. The molecule has 0 fully saturated rings. The maximum Gasteiger partial charge on any atom is 0.244 e. The molecule has 1 atom stereocenters. The predicted octanol–water partition coefficient (Wildman–Crippen LogP) is 4.70. The van der Waals surface area contributed by atoms with Crippen molar-refractivity contribution in [3.8, 4) is 0 Å². The number of carboxylic acid groups (broad SMARTS) is 1. The zero-order valence-electron chi connectivity index (χ0n) is 19.2. The molecule has 0 N–H and O–H groups in total. The van der Waals surface area contributed by atoms with Gasteiger partial charge in [0.2, 0.25) is 6.33 Å². The molecule has 1 aromatic heterocycles. The van der Waals surface area contributed by atoms with Gasteiger partial charge in [-0.25, -0.2) is 9.13 Å². The first-order valence-corrected chi connectivity index (χ1v) is 10.7. The van der Waals surface area contributed by atoms with Crippen molar-refractivity contribution in [1.29, 1.82) is 0 Å². The Kier molecular flexibility index (Phi) is 11.6. The van der Waals surface area contributed by atoms with Crippen LogP contribution in [-0.4, -0.2) is 10.5 Å². The van der Waals surface area contributed by atoms with Gasteiger partial charge in [-0.3, -0.25) is 0 Å². The molecule has 4 nitrogen and oxygen atoms in total. The monoisotopic (exact) mass is 380 g/mol. The number of hydrogen-bond donors (Lipinski definition) is 0. The first-order valence-electron chi connectivity index (χ1n) is 10.7. The Morgan fingerprint density at radius 1 is 1.07 bits per heavy atom. The number of carboxylic acids is 1. The Labute approximate surface area is 168 Å². The van der Waals surface area contributed by atoms with Crippen molar-refractivity contribution in [3.05, 3.63) is 18.7 Å². The fraction of sp³-hybridized carbons (Fsp3) is 0.826. The summed E-state index contributed by atoms with van der Waals surface area (Å²) < 4.78 is 4.65. The van der Waals surface area contributed by atoms with Crippen LogP contribution in [0.2, 0.25) is 0 Å². The third-order valence-electron chi connectivity index (χ3n) is 4.86. The average molecular weight is 381 g/mol. The quantitative estimate of drug-likeness (QED) is 0.552. The van der Waals surface area contributed by atoms with Crippen molar-refractivity contribution in [2.24, 2.45) is 11.3 Å². The fourth-order valence-corrected chi connectivity index (χ4v) is 3.55. The van der Waals surface area contributed by atoms with Crippen molar-refractivity contribution < 1.29 is 14.5 Å². The minimum Gasteiger partial charge on any atom is -0.550 e. The van der Waals surface area contributed by atoms with E-state index in [1.165, 1.54) is 19.3 Å². The van der Waals surface area contributed by atoms with E-state index in [9.17, 15) is 9.90 Å². The van der Waals surface area contributed by atoms with Gasteiger partial charge in [-0.05, 0) is 50.9 Å². The average Bonchev–Trinajstić information content (AvgIpc) is 3.01. The van der Waals surface area contributed by atoms with Crippen LogP contribution in [0, 0.1) is 11.3 Å². The van der Waals surface area contributed by atoms with Crippen molar-refractivity contribution in [2.75, 3.05) is 0 Å². The molecule has 1 heterocycles. The van der Waals surface area contributed by atoms with Gasteiger partial charge in [-0.1, -0.05) is 60.8 Å². The van der Waals surface area contributed by atoms with Crippen LogP contribution in [0.5, 0.6) is 0 Å². The molecule has 1 aromatic rings. The summed E-state index contributed by atoms with van der Waals surface area (Å²) in [4.78, 5) is 10.3. The first-order chi connectivity index (χ1) is 12.5. The number of aromatic nitrogens is 2. The Morgan fingerprint density at radius 2 is 1.67 bits per heavy atom. The fourth-order valence-electron chi connectivity index (χ4n) is 3.55. The maximum atomic E-state index is 10.3. The van der Waals surface area contributed by atoms with Gasteiger partial charge in [-0.2, -0.15) is 0 Å². The summed E-state index contributed by atoms with van der Waals surface area (Å²) in [6.07, 6.45) is 13.9. The SMILES string of the molecule is CCCCC(CC)C(=O)[O-].CCCC[n+]1ccn(C(C)(C)CC(C)(C)C)c1. The lowest BCUT2D eigenvalue weighted by Gasteiger charge is -2.29. The van der Waals surface area contributed by atoms with Crippen molar-refractivity contribution in [3.63, 3.8) is 0 Å². The van der Waals surface area contributed by atoms with E-state index in [2.05, 4.69) is 76.3 Å². The Morgan fingerprint density at radius 3 is 2.11 bits per heavy atom. The molecule has 0 spiro atoms. The number of aryl methyl sites for hydroxylation is 1. The smallest absolute Gasteiger partial charge is 0.244 e. The lowest BCUT2D eigenvalue weighted by atomic mass is 9.82. The number of hydrogen-bond acceptors (Lipinski definition) is 2. The van der Waals surface area contributed by atoms with Crippen LogP contribution in [0.4, 0.5) is 0 Å². The van der Waals surface area contributed by atoms with Crippen molar-refractivity contribution in [1.82, 2.24) is 4.57 Å². The van der Waals surface area contributed by atoms with E-state index in [1.54, 1.807) is 0 Å². The summed E-state index contributed by atoms with van der Waals surface area (Å²) in [5.74, 6) is -1.11. The van der Waals surface area contributed by atoms with Crippen molar-refractivity contribution in [2.45, 2.75) is 112 Å². The molecular formula is C23H44N2O2. The highest BCUT2D eigenvalue weighted by Gasteiger charge is 2.31. The summed E-state index contributed by atoms with van der Waals surface area (Å²) in [7, 11) is 0. The summed E-state index contributed by atoms with van der Waals surface area (Å²) in [5, 5.41) is 10.3. The second-order valence-electron chi connectivity index (χ2n) is 9.53. The minimum absolute atomic E-state index is 0.190. The lowest BCUT2D eigenvalue weighted by molar-refractivity contribution is -0.697. The Balaban J connectivity index is 0.000000580. The van der Waals surface area contributed by atoms with E-state index < -0.39 is 5.97 Å². The first kappa shape index (κ1) is 25.7. The molecule has 0 aromatic carbocycles. The Bertz CT molecular complexity index is 527. The third-order valence-corrected chi connectivity index (χ3v) is 4.86. The molecular weight excluding hydrogens is 336 g/mol. The standard InChI is InChI=1S/C15H29N2.C8H16O2/c1-7-8-9-16-10-11-17(13-16)15(5,6)12-14(2,3)4;1-3-5-6-7(4-2)8(9)10/h10-11,13H,7-9,12H2,1-6H3;7H,3-6H2,1-2H3,(H,9,10)/q+1;/p-1. The number of rotatable bonds is 10. The van der Waals surface area contributed by atoms with Gasteiger partial charge in [0.1, 0.15) is 17.9 Å². The number of carbonyl (C=O) groups excluding carboxylic acids is 1. The molecule has 0 amide bonds. The summed E-state index contributed by atoms with van der Waals surface area (Å²) in [6.45, 7) is 18.9. The second kappa shape index (κ2) is 12.2. The lowest BCUT2D eigenvalue weighted by Crippen LogP contribution is -2.35. The van der Waals surface area contributed by atoms with Gasteiger partial charge in [0.05, 0.1) is 6.54 Å². The Hall–Kier alpha value is -1.32. The van der Waals surface area contributed by atoms with Gasteiger partial charge in [0.25, 0.3) is 0 Å². The third kappa shape index (κ3) is 11.2. The van der Waals surface area contributed by atoms with E-state index in [-0.39, 0.29) is 11.5 Å². The molecule has 0 aliphatic carbocycles. The zero-order valence-corrected chi connectivity index (χ0v) is 19.2. The molecule has 1 unspecified atom stereocenters. The number of unbranched alkanes of at least 4 members (excludes halogenated alkanes) is 2. The van der Waals surface area contributed by atoms with Gasteiger partial charge in [0.15, 0.2) is 0 Å². The van der Waals surface area contributed by atoms with Crippen LogP contribution < -0.4 is 9.67 Å². The summed E-state index contributed by atoms with van der Waals surface area (Å²) in [6, 6.07) is 0. The highest BCUT2D eigenvalue weighted by molar-refractivity contribution is 5.67. The number of imidazole rings is 1. The zero-order chi connectivity index (χ0) is 21.1. The summed E-state index contributed by atoms with van der Waals surface area (Å²) >= 11 is 0. The number of carbonyl (C=O) groups is 1. The second-order valence-corrected chi connectivity index (χ2v) is 9.53. The van der Waals surface area contributed by atoms with Gasteiger partial charge in [0, 0.05) is 5.97 Å². The van der Waals surface area contributed by atoms with Gasteiger partial charge in [-0.15, -0.1) is 0 Å². The van der Waals surface area contributed by atoms with Gasteiger partial charge >= 0.3 is 0 Å². The molecule has 0 bridgehead atoms. The van der Waals surface area contributed by atoms with E-state index in [0.29, 0.717) is 11.8 Å². The summed E-state index contributed by atoms with van der Waals surface area (Å²) in [5.41, 5.74) is 0.553. The molecule has 158 valence electrons. The number of nitrogens with zero attached hydrogens (tertiary/aromatic N) is 2. The van der Waals surface area contributed by atoms with Crippen LogP contribution in [-0.2, 0) is 16.9 Å². The highest BCUT2D eigenvalue weighted by Crippen LogP contribution is 2.31. The predicted molar refractivity (Wildman–Crippen MR) is 111 cm³/mol. The van der Waals surface area contributed by atoms with Crippen LogP contribution in [0.25, 0.3) is 0 Å². The largest absolute Gasteiger partial charge is 0.550 e. The van der Waals surface area contributed by atoms with Gasteiger partial charge < -0.3 is 9.90 Å². The van der Waals surface area contributed by atoms with Crippen LogP contribution >= 0.6 is 0 Å². The maximum absolute atomic E-state index is 10.3. The molecule has 0 aliphatic rings. The molecule has 1 rings (SSSR count). The van der Waals surface area contributed by atoms with Crippen molar-refractivity contribution >= 4 is 5.97 Å². The molecule has 0 aliphatic heterocycles. The van der Waals surface area contributed by atoms with Crippen LogP contribution in [0.15, 0.2) is 18.7 Å². The minimum atomic E-state index is -0.893. The number of aliphatic carboxylic acids is 1. The van der Waals surface area contributed by atoms with E-state index in [4.69, 9.17) is 0 Å². The molecule has 4 heteroatoms. The molecule has 0 saturated heterocycles. The topological polar surface area (TPSA) is 48.9 Å². The van der Waals surface area contributed by atoms with Crippen LogP contribution in [0.3, 0.4) is 0 Å². The highest BCUT2D eigenvalue weighted by atomic mass is 16.4. The van der Waals surface area contributed by atoms with E-state index in [1.807, 2.05) is 6.92 Å². The molecule has 0 radical (unpaired) electrons. The molecule has 0 saturated carbocycles.